The minimum Gasteiger partial charge on any atom is -0.393 e. The van der Waals surface area contributed by atoms with Gasteiger partial charge in [-0.3, -0.25) is 9.59 Å². The lowest BCUT2D eigenvalue weighted by Gasteiger charge is -2.32. The Morgan fingerprint density at radius 2 is 1.86 bits per heavy atom. The fourth-order valence-corrected chi connectivity index (χ4v) is 2.45. The fourth-order valence-electron chi connectivity index (χ4n) is 2.45. The maximum Gasteiger partial charge on any atom is 0.313 e. The molecule has 0 saturated carbocycles. The summed E-state index contributed by atoms with van der Waals surface area (Å²) in [6.45, 7) is 2.67. The quantitative estimate of drug-likeness (QED) is 0.810. The van der Waals surface area contributed by atoms with E-state index in [1.807, 2.05) is 0 Å². The minimum absolute atomic E-state index is 0.175. The number of likely N-dealkylation sites (tertiary alicyclic amines) is 1. The van der Waals surface area contributed by atoms with E-state index in [2.05, 4.69) is 5.32 Å². The third-order valence-corrected chi connectivity index (χ3v) is 3.81. The van der Waals surface area contributed by atoms with Gasteiger partial charge in [0.25, 0.3) is 0 Å². The van der Waals surface area contributed by atoms with Gasteiger partial charge in [0.05, 0.1) is 6.10 Å². The van der Waals surface area contributed by atoms with Gasteiger partial charge < -0.3 is 15.3 Å². The van der Waals surface area contributed by atoms with Crippen LogP contribution in [0, 0.1) is 11.7 Å². The van der Waals surface area contributed by atoms with Crippen molar-refractivity contribution in [3.05, 3.63) is 30.1 Å². The molecule has 0 bridgehead atoms. The van der Waals surface area contributed by atoms with Crippen molar-refractivity contribution in [2.75, 3.05) is 18.4 Å². The second kappa shape index (κ2) is 6.67. The number of aliphatic hydroxyl groups is 1. The molecular formula is C15H19FN2O3. The first-order valence-corrected chi connectivity index (χ1v) is 7.01. The van der Waals surface area contributed by atoms with Crippen LogP contribution in [0.2, 0.25) is 0 Å². The lowest BCUT2D eigenvalue weighted by molar-refractivity contribution is -0.144. The molecule has 1 saturated heterocycles. The van der Waals surface area contributed by atoms with Crippen molar-refractivity contribution in [3.63, 3.8) is 0 Å². The second-order valence-corrected chi connectivity index (χ2v) is 5.33. The van der Waals surface area contributed by atoms with Crippen LogP contribution in [0.4, 0.5) is 10.1 Å². The van der Waals surface area contributed by atoms with E-state index in [0.29, 0.717) is 31.6 Å². The van der Waals surface area contributed by atoms with Crippen LogP contribution in [0.3, 0.4) is 0 Å². The monoisotopic (exact) mass is 294 g/mol. The molecule has 2 rings (SSSR count). The Balaban J connectivity index is 1.88. The van der Waals surface area contributed by atoms with Gasteiger partial charge >= 0.3 is 11.8 Å². The van der Waals surface area contributed by atoms with Crippen LogP contribution in [-0.4, -0.2) is 41.0 Å². The average molecular weight is 294 g/mol. The number of amides is 2. The molecule has 0 aliphatic carbocycles. The molecule has 2 amide bonds. The molecular weight excluding hydrogens is 275 g/mol. The summed E-state index contributed by atoms with van der Waals surface area (Å²) in [5, 5.41) is 12.0. The minimum atomic E-state index is -0.725. The van der Waals surface area contributed by atoms with Crippen molar-refractivity contribution in [2.24, 2.45) is 5.92 Å². The first kappa shape index (κ1) is 15.4. The van der Waals surface area contributed by atoms with E-state index >= 15 is 0 Å². The SMILES string of the molecule is CC(O)C1CCN(C(=O)C(=O)Nc2ccc(F)cc2)CC1. The van der Waals surface area contributed by atoms with E-state index in [4.69, 9.17) is 0 Å². The number of aliphatic hydroxyl groups excluding tert-OH is 1. The predicted molar refractivity (Wildman–Crippen MR) is 76.0 cm³/mol. The van der Waals surface area contributed by atoms with E-state index in [1.165, 1.54) is 29.2 Å². The van der Waals surface area contributed by atoms with Crippen molar-refractivity contribution < 1.29 is 19.1 Å². The number of hydrogen-bond acceptors (Lipinski definition) is 3. The normalized spacial score (nSPS) is 17.4. The zero-order valence-electron chi connectivity index (χ0n) is 11.9. The van der Waals surface area contributed by atoms with Gasteiger partial charge in [0, 0.05) is 18.8 Å². The molecule has 21 heavy (non-hydrogen) atoms. The summed E-state index contributed by atoms with van der Waals surface area (Å²) >= 11 is 0. The Morgan fingerprint density at radius 3 is 2.38 bits per heavy atom. The summed E-state index contributed by atoms with van der Waals surface area (Å²) in [6.07, 6.45) is 0.982. The average Bonchev–Trinajstić information content (AvgIpc) is 2.49. The van der Waals surface area contributed by atoms with Gasteiger partial charge in [-0.25, -0.2) is 4.39 Å². The van der Waals surface area contributed by atoms with Gasteiger partial charge in [-0.05, 0) is 49.9 Å². The Bertz CT molecular complexity index is 508. The van der Waals surface area contributed by atoms with Crippen LogP contribution >= 0.6 is 0 Å². The molecule has 1 fully saturated rings. The zero-order valence-corrected chi connectivity index (χ0v) is 11.9. The molecule has 0 spiro atoms. The third kappa shape index (κ3) is 4.01. The molecule has 1 heterocycles. The number of rotatable bonds is 2. The first-order chi connectivity index (χ1) is 9.97. The highest BCUT2D eigenvalue weighted by molar-refractivity contribution is 6.39. The van der Waals surface area contributed by atoms with E-state index in [1.54, 1.807) is 6.92 Å². The van der Waals surface area contributed by atoms with E-state index < -0.39 is 23.7 Å². The zero-order chi connectivity index (χ0) is 15.4. The summed E-state index contributed by atoms with van der Waals surface area (Å²) in [6, 6.07) is 5.24. The Hall–Kier alpha value is -1.95. The van der Waals surface area contributed by atoms with Gasteiger partial charge in [-0.15, -0.1) is 0 Å². The molecule has 0 radical (unpaired) electrons. The number of halogens is 1. The van der Waals surface area contributed by atoms with Gasteiger partial charge in [-0.2, -0.15) is 0 Å². The molecule has 6 heteroatoms. The van der Waals surface area contributed by atoms with Gasteiger partial charge in [-0.1, -0.05) is 0 Å². The van der Waals surface area contributed by atoms with Crippen LogP contribution in [0.5, 0.6) is 0 Å². The van der Waals surface area contributed by atoms with Crippen LogP contribution in [0.25, 0.3) is 0 Å². The Morgan fingerprint density at radius 1 is 1.29 bits per heavy atom. The molecule has 1 aliphatic heterocycles. The Kier molecular flexibility index (Phi) is 4.90. The molecule has 0 aromatic heterocycles. The molecule has 1 aromatic rings. The number of carbonyl (C=O) groups excluding carboxylic acids is 2. The Labute approximate surface area is 122 Å². The topological polar surface area (TPSA) is 69.6 Å². The summed E-state index contributed by atoms with van der Waals surface area (Å²) in [5.74, 6) is -1.55. The standard InChI is InChI=1S/C15H19FN2O3/c1-10(19)11-6-8-18(9-7-11)15(21)14(20)17-13-4-2-12(16)3-5-13/h2-5,10-11,19H,6-9H2,1H3,(H,17,20). The lowest BCUT2D eigenvalue weighted by atomic mass is 9.92. The van der Waals surface area contributed by atoms with Crippen LogP contribution in [0.1, 0.15) is 19.8 Å². The first-order valence-electron chi connectivity index (χ1n) is 7.01. The molecule has 1 aliphatic rings. The predicted octanol–water partition coefficient (Wildman–Crippen LogP) is 1.38. The molecule has 5 nitrogen and oxygen atoms in total. The maximum absolute atomic E-state index is 12.8. The van der Waals surface area contributed by atoms with Gasteiger partial charge in [0.2, 0.25) is 0 Å². The number of benzene rings is 1. The van der Waals surface area contributed by atoms with Crippen LogP contribution < -0.4 is 5.32 Å². The number of hydrogen-bond donors (Lipinski definition) is 2. The molecule has 1 unspecified atom stereocenters. The molecule has 1 atom stereocenters. The molecule has 1 aromatic carbocycles. The number of anilines is 1. The number of carbonyl (C=O) groups is 2. The van der Waals surface area contributed by atoms with E-state index in [0.717, 1.165) is 0 Å². The highest BCUT2D eigenvalue weighted by Crippen LogP contribution is 2.20. The second-order valence-electron chi connectivity index (χ2n) is 5.33. The highest BCUT2D eigenvalue weighted by Gasteiger charge is 2.28. The van der Waals surface area contributed by atoms with Gasteiger partial charge in [0.1, 0.15) is 5.82 Å². The summed E-state index contributed by atoms with van der Waals surface area (Å²) in [5.41, 5.74) is 0.383. The van der Waals surface area contributed by atoms with Crippen LogP contribution in [-0.2, 0) is 9.59 Å². The van der Waals surface area contributed by atoms with Crippen molar-refractivity contribution in [1.82, 2.24) is 4.90 Å². The lowest BCUT2D eigenvalue weighted by Crippen LogP contribution is -2.45. The van der Waals surface area contributed by atoms with Crippen molar-refractivity contribution in [2.45, 2.75) is 25.9 Å². The number of piperidine rings is 1. The number of nitrogens with zero attached hydrogens (tertiary/aromatic N) is 1. The van der Waals surface area contributed by atoms with Crippen molar-refractivity contribution in [1.29, 1.82) is 0 Å². The smallest absolute Gasteiger partial charge is 0.313 e. The van der Waals surface area contributed by atoms with E-state index in [-0.39, 0.29) is 5.92 Å². The van der Waals surface area contributed by atoms with Crippen molar-refractivity contribution in [3.8, 4) is 0 Å². The molecule has 114 valence electrons. The van der Waals surface area contributed by atoms with Crippen molar-refractivity contribution >= 4 is 17.5 Å². The van der Waals surface area contributed by atoms with Crippen LogP contribution in [0.15, 0.2) is 24.3 Å². The summed E-state index contributed by atoms with van der Waals surface area (Å²) in [4.78, 5) is 25.4. The third-order valence-electron chi connectivity index (χ3n) is 3.81. The summed E-state index contributed by atoms with van der Waals surface area (Å²) in [7, 11) is 0. The largest absolute Gasteiger partial charge is 0.393 e. The number of nitrogens with one attached hydrogen (secondary N) is 1. The maximum atomic E-state index is 12.8. The van der Waals surface area contributed by atoms with Gasteiger partial charge in [0.15, 0.2) is 0 Å². The summed E-state index contributed by atoms with van der Waals surface area (Å²) < 4.78 is 12.8. The highest BCUT2D eigenvalue weighted by atomic mass is 19.1. The fraction of sp³-hybridized carbons (Fsp3) is 0.467. The van der Waals surface area contributed by atoms with E-state index in [9.17, 15) is 19.1 Å². The molecule has 2 N–H and O–H groups in total.